The van der Waals surface area contributed by atoms with Crippen LogP contribution in [0.5, 0.6) is 5.75 Å². The Labute approximate surface area is 92.4 Å². The second-order valence-electron chi connectivity index (χ2n) is 3.42. The van der Waals surface area contributed by atoms with Crippen molar-refractivity contribution in [3.05, 3.63) is 23.8 Å². The zero-order valence-electron chi connectivity index (χ0n) is 8.78. The summed E-state index contributed by atoms with van der Waals surface area (Å²) in [5, 5.41) is 2.68. The standard InChI is InChI=1S/C11H11NO4/c1-15-11(14)5-7-2-3-9-8(4-7)12-10(13)6-16-9/h2-4H,5-6H2,1H3,(H,12,13). The number of benzene rings is 1. The number of esters is 1. The third kappa shape index (κ3) is 2.13. The molecule has 84 valence electrons. The highest BCUT2D eigenvalue weighted by atomic mass is 16.5. The average Bonchev–Trinajstić information content (AvgIpc) is 2.28. The van der Waals surface area contributed by atoms with Crippen LogP contribution in [-0.2, 0) is 20.7 Å². The molecule has 0 atom stereocenters. The lowest BCUT2D eigenvalue weighted by Crippen LogP contribution is -2.25. The fraction of sp³-hybridized carbons (Fsp3) is 0.273. The normalized spacial score (nSPS) is 13.4. The highest BCUT2D eigenvalue weighted by molar-refractivity contribution is 5.95. The van der Waals surface area contributed by atoms with Gasteiger partial charge in [-0.1, -0.05) is 6.07 Å². The minimum Gasteiger partial charge on any atom is -0.482 e. The van der Waals surface area contributed by atoms with Crippen LogP contribution >= 0.6 is 0 Å². The van der Waals surface area contributed by atoms with E-state index in [0.29, 0.717) is 11.4 Å². The molecule has 1 amide bonds. The predicted octanol–water partition coefficient (Wildman–Crippen LogP) is 0.733. The topological polar surface area (TPSA) is 64.6 Å². The van der Waals surface area contributed by atoms with Crippen molar-refractivity contribution in [3.8, 4) is 5.75 Å². The number of methoxy groups -OCH3 is 1. The molecule has 1 heterocycles. The molecular weight excluding hydrogens is 210 g/mol. The summed E-state index contributed by atoms with van der Waals surface area (Å²) in [5.41, 5.74) is 1.37. The number of anilines is 1. The fourth-order valence-corrected chi connectivity index (χ4v) is 1.48. The lowest BCUT2D eigenvalue weighted by atomic mass is 10.1. The first kappa shape index (κ1) is 10.5. The summed E-state index contributed by atoms with van der Waals surface area (Å²) in [6, 6.07) is 5.21. The zero-order chi connectivity index (χ0) is 11.5. The largest absolute Gasteiger partial charge is 0.482 e. The molecule has 0 bridgehead atoms. The molecule has 0 spiro atoms. The molecule has 0 aromatic heterocycles. The third-order valence-corrected chi connectivity index (χ3v) is 2.25. The molecule has 1 N–H and O–H groups in total. The van der Waals surface area contributed by atoms with Gasteiger partial charge in [0.25, 0.3) is 5.91 Å². The maximum absolute atomic E-state index is 11.1. The SMILES string of the molecule is COC(=O)Cc1ccc2c(c1)NC(=O)CO2. The molecule has 16 heavy (non-hydrogen) atoms. The van der Waals surface area contributed by atoms with Gasteiger partial charge in [-0.25, -0.2) is 0 Å². The number of ether oxygens (including phenoxy) is 2. The Morgan fingerprint density at radius 3 is 3.12 bits per heavy atom. The Morgan fingerprint density at radius 2 is 2.38 bits per heavy atom. The van der Waals surface area contributed by atoms with Gasteiger partial charge in [0.2, 0.25) is 0 Å². The number of nitrogens with one attached hydrogen (secondary N) is 1. The quantitative estimate of drug-likeness (QED) is 0.748. The summed E-state index contributed by atoms with van der Waals surface area (Å²) < 4.78 is 9.76. The summed E-state index contributed by atoms with van der Waals surface area (Å²) in [6.07, 6.45) is 0.180. The third-order valence-electron chi connectivity index (χ3n) is 2.25. The van der Waals surface area contributed by atoms with Crippen LogP contribution in [0, 0.1) is 0 Å². The van der Waals surface area contributed by atoms with Gasteiger partial charge >= 0.3 is 5.97 Å². The predicted molar refractivity (Wildman–Crippen MR) is 56.3 cm³/mol. The molecule has 1 aliphatic rings. The summed E-state index contributed by atoms with van der Waals surface area (Å²) in [7, 11) is 1.34. The molecular formula is C11H11NO4. The summed E-state index contributed by atoms with van der Waals surface area (Å²) in [5.74, 6) is 0.110. The van der Waals surface area contributed by atoms with Crippen molar-refractivity contribution in [2.75, 3.05) is 19.0 Å². The van der Waals surface area contributed by atoms with Gasteiger partial charge in [-0.3, -0.25) is 9.59 Å². The molecule has 0 fully saturated rings. The summed E-state index contributed by atoms with van der Waals surface area (Å²) in [4.78, 5) is 22.2. The Balaban J connectivity index is 2.21. The van der Waals surface area contributed by atoms with E-state index in [4.69, 9.17) is 4.74 Å². The van der Waals surface area contributed by atoms with Crippen LogP contribution in [-0.4, -0.2) is 25.6 Å². The minimum atomic E-state index is -0.317. The van der Waals surface area contributed by atoms with Gasteiger partial charge in [0.15, 0.2) is 6.61 Å². The number of hydrogen-bond acceptors (Lipinski definition) is 4. The van der Waals surface area contributed by atoms with E-state index < -0.39 is 0 Å². The minimum absolute atomic E-state index is 0.0311. The molecule has 5 heteroatoms. The van der Waals surface area contributed by atoms with Crippen LogP contribution < -0.4 is 10.1 Å². The molecule has 0 aliphatic carbocycles. The average molecular weight is 221 g/mol. The van der Waals surface area contributed by atoms with Crippen molar-refractivity contribution in [3.63, 3.8) is 0 Å². The molecule has 0 saturated heterocycles. The number of rotatable bonds is 2. The Bertz CT molecular complexity index is 442. The molecule has 1 aromatic carbocycles. The summed E-state index contributed by atoms with van der Waals surface area (Å²) >= 11 is 0. The van der Waals surface area contributed by atoms with E-state index in [-0.39, 0.29) is 24.9 Å². The molecule has 1 aliphatic heterocycles. The van der Waals surface area contributed by atoms with Gasteiger partial charge in [0.1, 0.15) is 5.75 Å². The number of carbonyl (C=O) groups is 2. The maximum Gasteiger partial charge on any atom is 0.309 e. The monoisotopic (exact) mass is 221 g/mol. The van der Waals surface area contributed by atoms with E-state index in [9.17, 15) is 9.59 Å². The Hall–Kier alpha value is -2.04. The van der Waals surface area contributed by atoms with Gasteiger partial charge in [0.05, 0.1) is 19.2 Å². The van der Waals surface area contributed by atoms with E-state index in [2.05, 4.69) is 10.1 Å². The van der Waals surface area contributed by atoms with E-state index >= 15 is 0 Å². The van der Waals surface area contributed by atoms with Crippen LogP contribution in [0.1, 0.15) is 5.56 Å². The van der Waals surface area contributed by atoms with Gasteiger partial charge in [-0.2, -0.15) is 0 Å². The van der Waals surface area contributed by atoms with Crippen molar-refractivity contribution in [1.82, 2.24) is 0 Å². The summed E-state index contributed by atoms with van der Waals surface area (Å²) in [6.45, 7) is 0.0311. The van der Waals surface area contributed by atoms with E-state index in [1.807, 2.05) is 0 Å². The Kier molecular flexibility index (Phi) is 2.76. The van der Waals surface area contributed by atoms with Gasteiger partial charge in [0, 0.05) is 0 Å². The van der Waals surface area contributed by atoms with Crippen LogP contribution in [0.15, 0.2) is 18.2 Å². The van der Waals surface area contributed by atoms with Gasteiger partial charge in [-0.15, -0.1) is 0 Å². The number of hydrogen-bond donors (Lipinski definition) is 1. The number of carbonyl (C=O) groups excluding carboxylic acids is 2. The molecule has 1 aromatic rings. The highest BCUT2D eigenvalue weighted by Crippen LogP contribution is 2.28. The van der Waals surface area contributed by atoms with Gasteiger partial charge in [-0.05, 0) is 17.7 Å². The van der Waals surface area contributed by atoms with Gasteiger partial charge < -0.3 is 14.8 Å². The van der Waals surface area contributed by atoms with E-state index in [1.54, 1.807) is 18.2 Å². The van der Waals surface area contributed by atoms with Crippen molar-refractivity contribution in [1.29, 1.82) is 0 Å². The van der Waals surface area contributed by atoms with Crippen molar-refractivity contribution in [2.45, 2.75) is 6.42 Å². The smallest absolute Gasteiger partial charge is 0.309 e. The maximum atomic E-state index is 11.1. The molecule has 5 nitrogen and oxygen atoms in total. The van der Waals surface area contributed by atoms with Crippen molar-refractivity contribution in [2.24, 2.45) is 0 Å². The first-order valence-electron chi connectivity index (χ1n) is 4.81. The molecule has 0 unspecified atom stereocenters. The molecule has 0 saturated carbocycles. The second kappa shape index (κ2) is 4.22. The second-order valence-corrected chi connectivity index (χ2v) is 3.42. The molecule has 0 radical (unpaired) electrons. The number of amides is 1. The van der Waals surface area contributed by atoms with Crippen LogP contribution in [0.3, 0.4) is 0 Å². The fourth-order valence-electron chi connectivity index (χ4n) is 1.48. The van der Waals surface area contributed by atoms with Crippen molar-refractivity contribution < 1.29 is 19.1 Å². The first-order chi connectivity index (χ1) is 7.69. The van der Waals surface area contributed by atoms with Crippen molar-refractivity contribution >= 4 is 17.6 Å². The lowest BCUT2D eigenvalue weighted by Gasteiger charge is -2.18. The van der Waals surface area contributed by atoms with E-state index in [0.717, 1.165) is 5.56 Å². The van der Waals surface area contributed by atoms with Crippen LogP contribution in [0.25, 0.3) is 0 Å². The lowest BCUT2D eigenvalue weighted by molar-refractivity contribution is -0.139. The van der Waals surface area contributed by atoms with E-state index in [1.165, 1.54) is 7.11 Å². The first-order valence-corrected chi connectivity index (χ1v) is 4.81. The Morgan fingerprint density at radius 1 is 1.56 bits per heavy atom. The molecule has 2 rings (SSSR count). The zero-order valence-corrected chi connectivity index (χ0v) is 8.78. The number of fused-ring (bicyclic) bond motifs is 1. The van der Waals surface area contributed by atoms with Crippen LogP contribution in [0.2, 0.25) is 0 Å². The van der Waals surface area contributed by atoms with Crippen LogP contribution in [0.4, 0.5) is 5.69 Å². The highest BCUT2D eigenvalue weighted by Gasteiger charge is 2.16.